The molecule has 152 valence electrons. The number of carbonyl (C=O) groups excluding carboxylic acids is 1. The Morgan fingerprint density at radius 3 is 2.37 bits per heavy atom. The minimum absolute atomic E-state index is 0.206. The van der Waals surface area contributed by atoms with Gasteiger partial charge in [-0.2, -0.15) is 22.1 Å². The van der Waals surface area contributed by atoms with Crippen LogP contribution in [0.4, 0.5) is 4.79 Å². The van der Waals surface area contributed by atoms with E-state index in [9.17, 15) is 13.2 Å². The number of hydrogen-bond acceptors (Lipinski definition) is 5. The number of hydrogen-bond donors (Lipinski definition) is 1. The van der Waals surface area contributed by atoms with Crippen molar-refractivity contribution in [3.8, 4) is 0 Å². The SMILES string of the molecule is Cn1cc(C2CCN(S(=O)(=O)N3CC(NC(=O)OC(C)(C)C)C3)CC2)cn1. The summed E-state index contributed by atoms with van der Waals surface area (Å²) < 4.78 is 35.5. The minimum Gasteiger partial charge on any atom is -0.444 e. The van der Waals surface area contributed by atoms with Crippen LogP contribution in [0.3, 0.4) is 0 Å². The van der Waals surface area contributed by atoms with E-state index in [1.807, 2.05) is 19.4 Å². The first-order valence-corrected chi connectivity index (χ1v) is 10.7. The summed E-state index contributed by atoms with van der Waals surface area (Å²) in [5.41, 5.74) is 0.596. The highest BCUT2D eigenvalue weighted by Crippen LogP contribution is 2.30. The van der Waals surface area contributed by atoms with Crippen molar-refractivity contribution in [2.45, 2.75) is 51.2 Å². The Morgan fingerprint density at radius 2 is 1.85 bits per heavy atom. The van der Waals surface area contributed by atoms with Crippen molar-refractivity contribution in [2.24, 2.45) is 7.05 Å². The molecule has 0 radical (unpaired) electrons. The number of nitrogens with zero attached hydrogens (tertiary/aromatic N) is 4. The van der Waals surface area contributed by atoms with Gasteiger partial charge in [-0.05, 0) is 45.1 Å². The van der Waals surface area contributed by atoms with Crippen LogP contribution in [-0.4, -0.2) is 70.7 Å². The van der Waals surface area contributed by atoms with Crippen LogP contribution in [0.5, 0.6) is 0 Å². The summed E-state index contributed by atoms with van der Waals surface area (Å²) in [6, 6.07) is -0.206. The molecule has 0 saturated carbocycles. The van der Waals surface area contributed by atoms with Crippen LogP contribution >= 0.6 is 0 Å². The molecule has 9 nitrogen and oxygen atoms in total. The van der Waals surface area contributed by atoms with Gasteiger partial charge in [-0.25, -0.2) is 4.79 Å². The summed E-state index contributed by atoms with van der Waals surface area (Å²) in [4.78, 5) is 11.8. The van der Waals surface area contributed by atoms with E-state index in [-0.39, 0.29) is 19.1 Å². The summed E-state index contributed by atoms with van der Waals surface area (Å²) in [6.45, 7) is 6.94. The fourth-order valence-corrected chi connectivity index (χ4v) is 5.16. The summed E-state index contributed by atoms with van der Waals surface area (Å²) in [6.07, 6.45) is 4.92. The Balaban J connectivity index is 1.47. The van der Waals surface area contributed by atoms with E-state index >= 15 is 0 Å². The lowest BCUT2D eigenvalue weighted by atomic mass is 9.93. The van der Waals surface area contributed by atoms with Gasteiger partial charge in [0.1, 0.15) is 5.60 Å². The summed E-state index contributed by atoms with van der Waals surface area (Å²) >= 11 is 0. The monoisotopic (exact) mass is 399 g/mol. The molecule has 2 fully saturated rings. The summed E-state index contributed by atoms with van der Waals surface area (Å²) in [5.74, 6) is 0.350. The van der Waals surface area contributed by atoms with Gasteiger partial charge in [-0.1, -0.05) is 0 Å². The van der Waals surface area contributed by atoms with Gasteiger partial charge in [0.15, 0.2) is 0 Å². The topological polar surface area (TPSA) is 96.8 Å². The Kier molecular flexibility index (Phi) is 5.51. The van der Waals surface area contributed by atoms with Gasteiger partial charge in [0.05, 0.1) is 12.2 Å². The maximum atomic E-state index is 12.8. The third-order valence-electron chi connectivity index (χ3n) is 4.87. The molecule has 0 spiro atoms. The van der Waals surface area contributed by atoms with E-state index in [2.05, 4.69) is 10.4 Å². The van der Waals surface area contributed by atoms with E-state index in [0.717, 1.165) is 12.8 Å². The van der Waals surface area contributed by atoms with Crippen molar-refractivity contribution in [1.82, 2.24) is 23.7 Å². The van der Waals surface area contributed by atoms with Gasteiger partial charge in [0.25, 0.3) is 10.2 Å². The Bertz CT molecular complexity index is 771. The quantitative estimate of drug-likeness (QED) is 0.816. The highest BCUT2D eigenvalue weighted by atomic mass is 32.2. The standard InChI is InChI=1S/C17H29N5O4S/c1-17(2,3)26-16(23)19-15-11-22(12-15)27(24,25)21-7-5-13(6-8-21)14-9-18-20(4)10-14/h9-10,13,15H,5-8,11-12H2,1-4H3,(H,19,23). The van der Waals surface area contributed by atoms with Crippen molar-refractivity contribution in [1.29, 1.82) is 0 Å². The van der Waals surface area contributed by atoms with E-state index in [4.69, 9.17) is 4.74 Å². The van der Waals surface area contributed by atoms with Crippen molar-refractivity contribution in [2.75, 3.05) is 26.2 Å². The fraction of sp³-hybridized carbons (Fsp3) is 0.765. The minimum atomic E-state index is -3.48. The number of amides is 1. The maximum Gasteiger partial charge on any atom is 0.407 e. The molecule has 0 atom stereocenters. The molecule has 1 aromatic rings. The van der Waals surface area contributed by atoms with Gasteiger partial charge in [-0.3, -0.25) is 4.68 Å². The maximum absolute atomic E-state index is 12.8. The van der Waals surface area contributed by atoms with Gasteiger partial charge in [0, 0.05) is 39.4 Å². The highest BCUT2D eigenvalue weighted by Gasteiger charge is 2.41. The Morgan fingerprint density at radius 1 is 1.22 bits per heavy atom. The molecule has 0 bridgehead atoms. The van der Waals surface area contributed by atoms with Crippen LogP contribution in [0.25, 0.3) is 0 Å². The molecule has 0 unspecified atom stereocenters. The van der Waals surface area contributed by atoms with E-state index in [0.29, 0.717) is 19.0 Å². The lowest BCUT2D eigenvalue weighted by molar-refractivity contribution is 0.0456. The number of alkyl carbamates (subject to hydrolysis) is 1. The summed E-state index contributed by atoms with van der Waals surface area (Å²) in [7, 11) is -1.59. The van der Waals surface area contributed by atoms with Gasteiger partial charge in [-0.15, -0.1) is 0 Å². The fourth-order valence-electron chi connectivity index (χ4n) is 3.43. The molecule has 2 aliphatic heterocycles. The first kappa shape index (κ1) is 20.1. The third kappa shape index (κ3) is 4.80. The van der Waals surface area contributed by atoms with Gasteiger partial charge < -0.3 is 10.1 Å². The van der Waals surface area contributed by atoms with Crippen molar-refractivity contribution in [3.63, 3.8) is 0 Å². The zero-order valence-corrected chi connectivity index (χ0v) is 17.2. The highest BCUT2D eigenvalue weighted by molar-refractivity contribution is 7.86. The number of aryl methyl sites for hydroxylation is 1. The van der Waals surface area contributed by atoms with Crippen LogP contribution in [0.2, 0.25) is 0 Å². The average Bonchev–Trinajstić information content (AvgIpc) is 2.95. The largest absolute Gasteiger partial charge is 0.444 e. The normalized spacial score (nSPS) is 21.0. The van der Waals surface area contributed by atoms with Crippen molar-refractivity contribution < 1.29 is 17.9 Å². The number of aromatic nitrogens is 2. The van der Waals surface area contributed by atoms with Crippen LogP contribution in [0, 0.1) is 0 Å². The predicted molar refractivity (Wildman–Crippen MR) is 100 cm³/mol. The molecule has 1 N–H and O–H groups in total. The van der Waals surface area contributed by atoms with E-state index in [1.165, 1.54) is 9.87 Å². The number of ether oxygens (including phenoxy) is 1. The van der Waals surface area contributed by atoms with E-state index < -0.39 is 21.9 Å². The van der Waals surface area contributed by atoms with Crippen LogP contribution in [0.1, 0.15) is 45.1 Å². The number of rotatable bonds is 4. The molecule has 3 heterocycles. The lowest BCUT2D eigenvalue weighted by Gasteiger charge is -2.42. The average molecular weight is 400 g/mol. The molecule has 27 heavy (non-hydrogen) atoms. The zero-order valence-electron chi connectivity index (χ0n) is 16.4. The smallest absolute Gasteiger partial charge is 0.407 e. The molecule has 2 aliphatic rings. The number of piperidine rings is 1. The molecule has 2 saturated heterocycles. The Hall–Kier alpha value is -1.65. The van der Waals surface area contributed by atoms with E-state index in [1.54, 1.807) is 29.8 Å². The second kappa shape index (κ2) is 7.40. The Labute approximate surface area is 160 Å². The van der Waals surface area contributed by atoms with Gasteiger partial charge in [0.2, 0.25) is 0 Å². The van der Waals surface area contributed by atoms with Crippen LogP contribution < -0.4 is 5.32 Å². The van der Waals surface area contributed by atoms with Crippen molar-refractivity contribution >= 4 is 16.3 Å². The molecular formula is C17H29N5O4S. The number of carbonyl (C=O) groups is 1. The molecular weight excluding hydrogens is 370 g/mol. The second-order valence-electron chi connectivity index (χ2n) is 8.29. The first-order chi connectivity index (χ1) is 12.5. The lowest BCUT2D eigenvalue weighted by Crippen LogP contribution is -2.64. The number of nitrogens with one attached hydrogen (secondary N) is 1. The van der Waals surface area contributed by atoms with Gasteiger partial charge >= 0.3 is 6.09 Å². The third-order valence-corrected chi connectivity index (χ3v) is 6.84. The van der Waals surface area contributed by atoms with Crippen molar-refractivity contribution in [3.05, 3.63) is 18.0 Å². The molecule has 10 heteroatoms. The van der Waals surface area contributed by atoms with Crippen LogP contribution in [0.15, 0.2) is 12.4 Å². The molecule has 1 aromatic heterocycles. The molecule has 3 rings (SSSR count). The second-order valence-corrected chi connectivity index (χ2v) is 10.2. The van der Waals surface area contributed by atoms with Crippen LogP contribution in [-0.2, 0) is 22.0 Å². The predicted octanol–water partition coefficient (Wildman–Crippen LogP) is 1.05. The molecule has 1 amide bonds. The first-order valence-electron chi connectivity index (χ1n) is 9.28. The molecule has 0 aliphatic carbocycles. The summed E-state index contributed by atoms with van der Waals surface area (Å²) in [5, 5.41) is 6.91. The zero-order chi connectivity index (χ0) is 19.8. The molecule has 0 aromatic carbocycles.